The minimum absolute atomic E-state index is 0.122. The summed E-state index contributed by atoms with van der Waals surface area (Å²) in [7, 11) is 0. The molecule has 21 heavy (non-hydrogen) atoms. The predicted molar refractivity (Wildman–Crippen MR) is 83.0 cm³/mol. The van der Waals surface area contributed by atoms with Crippen LogP contribution in [0, 0.1) is 16.7 Å². The average molecular weight is 284 g/mol. The van der Waals surface area contributed by atoms with Gasteiger partial charge in [-0.2, -0.15) is 5.26 Å². The molecular weight excluding hydrogens is 260 g/mol. The van der Waals surface area contributed by atoms with Crippen molar-refractivity contribution in [3.05, 3.63) is 35.9 Å². The summed E-state index contributed by atoms with van der Waals surface area (Å²) in [6.07, 6.45) is 3.06. The van der Waals surface area contributed by atoms with Crippen molar-refractivity contribution in [1.82, 2.24) is 4.90 Å². The fraction of sp³-hybridized carbons (Fsp3) is 0.611. The van der Waals surface area contributed by atoms with Gasteiger partial charge in [0.15, 0.2) is 0 Å². The van der Waals surface area contributed by atoms with Crippen LogP contribution in [0.1, 0.15) is 31.7 Å². The van der Waals surface area contributed by atoms with E-state index in [0.29, 0.717) is 0 Å². The Hall–Kier alpha value is -1.37. The van der Waals surface area contributed by atoms with Gasteiger partial charge in [0.2, 0.25) is 0 Å². The maximum absolute atomic E-state index is 9.26. The van der Waals surface area contributed by atoms with Gasteiger partial charge in [-0.25, -0.2) is 0 Å². The van der Waals surface area contributed by atoms with Gasteiger partial charge in [-0.05, 0) is 44.8 Å². The van der Waals surface area contributed by atoms with Gasteiger partial charge in [0.05, 0.1) is 18.1 Å². The first-order valence-electron chi connectivity index (χ1n) is 7.93. The van der Waals surface area contributed by atoms with Crippen LogP contribution in [-0.2, 0) is 10.2 Å². The summed E-state index contributed by atoms with van der Waals surface area (Å²) in [5.74, 6) is 0. The van der Waals surface area contributed by atoms with Crippen LogP contribution in [-0.4, -0.2) is 37.7 Å². The monoisotopic (exact) mass is 284 g/mol. The van der Waals surface area contributed by atoms with Gasteiger partial charge < -0.3 is 9.64 Å². The molecule has 0 spiro atoms. The van der Waals surface area contributed by atoms with Crippen molar-refractivity contribution in [2.45, 2.75) is 31.6 Å². The van der Waals surface area contributed by atoms with E-state index in [0.717, 1.165) is 52.1 Å². The number of nitriles is 1. The molecule has 0 saturated carbocycles. The highest BCUT2D eigenvalue weighted by Crippen LogP contribution is 2.36. The van der Waals surface area contributed by atoms with Gasteiger partial charge >= 0.3 is 0 Å². The molecule has 2 aliphatic heterocycles. The molecule has 2 heterocycles. The summed E-state index contributed by atoms with van der Waals surface area (Å²) in [4.78, 5) is 2.53. The Morgan fingerprint density at radius 2 is 1.90 bits per heavy atom. The third kappa shape index (κ3) is 2.97. The van der Waals surface area contributed by atoms with Gasteiger partial charge in [-0.1, -0.05) is 30.3 Å². The second-order valence-corrected chi connectivity index (χ2v) is 6.90. The van der Waals surface area contributed by atoms with Crippen molar-refractivity contribution in [3.63, 3.8) is 0 Å². The Morgan fingerprint density at radius 1 is 1.19 bits per heavy atom. The topological polar surface area (TPSA) is 36.3 Å². The van der Waals surface area contributed by atoms with Crippen LogP contribution in [0.25, 0.3) is 0 Å². The maximum Gasteiger partial charge on any atom is 0.0687 e. The molecule has 2 saturated heterocycles. The van der Waals surface area contributed by atoms with E-state index in [-0.39, 0.29) is 10.8 Å². The lowest BCUT2D eigenvalue weighted by Crippen LogP contribution is -2.46. The van der Waals surface area contributed by atoms with Crippen molar-refractivity contribution in [1.29, 1.82) is 5.26 Å². The third-order valence-electron chi connectivity index (χ3n) is 5.25. The minimum Gasteiger partial charge on any atom is -0.380 e. The lowest BCUT2D eigenvalue weighted by atomic mass is 9.77. The highest BCUT2D eigenvalue weighted by molar-refractivity contribution is 5.27. The quantitative estimate of drug-likeness (QED) is 0.856. The number of hydrogen-bond acceptors (Lipinski definition) is 3. The van der Waals surface area contributed by atoms with E-state index in [2.05, 4.69) is 48.2 Å². The van der Waals surface area contributed by atoms with E-state index < -0.39 is 0 Å². The largest absolute Gasteiger partial charge is 0.380 e. The van der Waals surface area contributed by atoms with Crippen molar-refractivity contribution >= 4 is 0 Å². The molecule has 3 rings (SSSR count). The van der Waals surface area contributed by atoms with Crippen LogP contribution in [0.2, 0.25) is 0 Å². The van der Waals surface area contributed by atoms with Gasteiger partial charge in [0, 0.05) is 18.6 Å². The summed E-state index contributed by atoms with van der Waals surface area (Å²) in [5, 5.41) is 9.26. The molecule has 0 bridgehead atoms. The summed E-state index contributed by atoms with van der Waals surface area (Å²) in [6.45, 7) is 6.88. The SMILES string of the molecule is CC1(C#N)CCN(CC2(c3ccccc3)CCOC2)CC1. The standard InChI is InChI=1S/C18H24N2O/c1-17(13-19)7-10-20(11-8-17)14-18(9-12-21-15-18)16-5-3-2-4-6-16/h2-6H,7-12,14-15H2,1H3. The van der Waals surface area contributed by atoms with Crippen LogP contribution in [0.3, 0.4) is 0 Å². The van der Waals surface area contributed by atoms with Crippen molar-refractivity contribution in [2.24, 2.45) is 5.41 Å². The summed E-state index contributed by atoms with van der Waals surface area (Å²) in [6, 6.07) is 13.3. The molecule has 0 amide bonds. The summed E-state index contributed by atoms with van der Waals surface area (Å²) < 4.78 is 5.74. The Kier molecular flexibility index (Phi) is 4.01. The molecule has 1 atom stereocenters. The normalized spacial score (nSPS) is 29.1. The van der Waals surface area contributed by atoms with Crippen LogP contribution in [0.4, 0.5) is 0 Å². The first-order chi connectivity index (χ1) is 10.2. The predicted octanol–water partition coefficient (Wildman–Crippen LogP) is 2.97. The lowest BCUT2D eigenvalue weighted by molar-refractivity contribution is 0.111. The second-order valence-electron chi connectivity index (χ2n) is 6.90. The zero-order chi connectivity index (χ0) is 14.8. The molecule has 0 radical (unpaired) electrons. The molecule has 1 aromatic rings. The molecule has 1 aromatic carbocycles. The molecule has 0 aromatic heterocycles. The molecule has 3 heteroatoms. The number of likely N-dealkylation sites (tertiary alicyclic amines) is 1. The smallest absolute Gasteiger partial charge is 0.0687 e. The number of benzene rings is 1. The van der Waals surface area contributed by atoms with E-state index in [1.807, 2.05) is 0 Å². The zero-order valence-electron chi connectivity index (χ0n) is 12.8. The Bertz CT molecular complexity index is 506. The maximum atomic E-state index is 9.26. The first kappa shape index (κ1) is 14.6. The molecule has 0 N–H and O–H groups in total. The van der Waals surface area contributed by atoms with Gasteiger partial charge in [0.25, 0.3) is 0 Å². The van der Waals surface area contributed by atoms with E-state index in [1.54, 1.807) is 0 Å². The zero-order valence-corrected chi connectivity index (χ0v) is 12.8. The van der Waals surface area contributed by atoms with E-state index in [4.69, 9.17) is 4.74 Å². The third-order valence-corrected chi connectivity index (χ3v) is 5.25. The molecule has 0 aliphatic carbocycles. The summed E-state index contributed by atoms with van der Waals surface area (Å²) >= 11 is 0. The van der Waals surface area contributed by atoms with E-state index in [9.17, 15) is 5.26 Å². The van der Waals surface area contributed by atoms with Crippen LogP contribution < -0.4 is 0 Å². The second kappa shape index (κ2) is 5.79. The fourth-order valence-corrected chi connectivity index (χ4v) is 3.59. The molecular formula is C18H24N2O. The number of piperidine rings is 1. The first-order valence-corrected chi connectivity index (χ1v) is 7.93. The molecule has 3 nitrogen and oxygen atoms in total. The van der Waals surface area contributed by atoms with Crippen molar-refractivity contribution in [3.8, 4) is 6.07 Å². The summed E-state index contributed by atoms with van der Waals surface area (Å²) in [5.41, 5.74) is 1.42. The van der Waals surface area contributed by atoms with Gasteiger partial charge in [-0.3, -0.25) is 0 Å². The van der Waals surface area contributed by atoms with Crippen molar-refractivity contribution < 1.29 is 4.74 Å². The Balaban J connectivity index is 1.72. The van der Waals surface area contributed by atoms with Gasteiger partial charge in [0.1, 0.15) is 0 Å². The molecule has 112 valence electrons. The molecule has 2 aliphatic rings. The van der Waals surface area contributed by atoms with E-state index in [1.165, 1.54) is 5.56 Å². The highest BCUT2D eigenvalue weighted by Gasteiger charge is 2.40. The number of nitrogens with zero attached hydrogens (tertiary/aromatic N) is 2. The molecule has 1 unspecified atom stereocenters. The number of hydrogen-bond donors (Lipinski definition) is 0. The number of rotatable bonds is 3. The Labute approximate surface area is 127 Å². The lowest BCUT2D eigenvalue weighted by Gasteiger charge is -2.40. The fourth-order valence-electron chi connectivity index (χ4n) is 3.59. The number of ether oxygens (including phenoxy) is 1. The van der Waals surface area contributed by atoms with Gasteiger partial charge in [-0.15, -0.1) is 0 Å². The minimum atomic E-state index is -0.122. The van der Waals surface area contributed by atoms with Crippen molar-refractivity contribution in [2.75, 3.05) is 32.8 Å². The molecule has 2 fully saturated rings. The van der Waals surface area contributed by atoms with E-state index >= 15 is 0 Å². The van der Waals surface area contributed by atoms with Crippen LogP contribution in [0.5, 0.6) is 0 Å². The average Bonchev–Trinajstić information content (AvgIpc) is 3.01. The van der Waals surface area contributed by atoms with Crippen LogP contribution in [0.15, 0.2) is 30.3 Å². The van der Waals surface area contributed by atoms with Crippen LogP contribution >= 0.6 is 0 Å². The Morgan fingerprint density at radius 3 is 2.48 bits per heavy atom. The highest BCUT2D eigenvalue weighted by atomic mass is 16.5.